The highest BCUT2D eigenvalue weighted by Gasteiger charge is 2.11. The van der Waals surface area contributed by atoms with Gasteiger partial charge < -0.3 is 15.5 Å². The zero-order valence-electron chi connectivity index (χ0n) is 16.5. The molecule has 0 aliphatic heterocycles. The third-order valence-corrected chi connectivity index (χ3v) is 4.32. The molecule has 2 rings (SSSR count). The maximum absolute atomic E-state index is 12.4. The number of nitrogens with zero attached hydrogens (tertiary/aromatic N) is 2. The second-order valence-electron chi connectivity index (χ2n) is 6.21. The van der Waals surface area contributed by atoms with Crippen LogP contribution >= 0.6 is 0 Å². The third kappa shape index (κ3) is 6.44. The molecule has 5 heteroatoms. The number of hydrogen-bond donors (Lipinski definition) is 2. The van der Waals surface area contributed by atoms with E-state index < -0.39 is 0 Å². The van der Waals surface area contributed by atoms with Crippen molar-refractivity contribution >= 4 is 11.9 Å². The highest BCUT2D eigenvalue weighted by Crippen LogP contribution is 2.08. The Labute approximate surface area is 162 Å². The van der Waals surface area contributed by atoms with Crippen LogP contribution in [0.3, 0.4) is 0 Å². The van der Waals surface area contributed by atoms with Crippen molar-refractivity contribution in [3.05, 3.63) is 71.3 Å². The first kappa shape index (κ1) is 20.5. The molecular weight excluding hydrogens is 336 g/mol. The van der Waals surface area contributed by atoms with Crippen LogP contribution in [0, 0.1) is 0 Å². The second-order valence-corrected chi connectivity index (χ2v) is 6.21. The molecule has 5 nitrogen and oxygen atoms in total. The normalized spacial score (nSPS) is 11.1. The van der Waals surface area contributed by atoms with Gasteiger partial charge in [0.1, 0.15) is 0 Å². The summed E-state index contributed by atoms with van der Waals surface area (Å²) in [5, 5.41) is 6.61. The molecule has 0 aromatic heterocycles. The van der Waals surface area contributed by atoms with Crippen molar-refractivity contribution in [3.63, 3.8) is 0 Å². The predicted molar refractivity (Wildman–Crippen MR) is 112 cm³/mol. The first-order chi connectivity index (χ1) is 13.2. The van der Waals surface area contributed by atoms with Gasteiger partial charge in [0.2, 0.25) is 0 Å². The molecule has 0 atom stereocenters. The van der Waals surface area contributed by atoms with Crippen molar-refractivity contribution in [1.29, 1.82) is 0 Å². The Morgan fingerprint density at radius 2 is 1.56 bits per heavy atom. The van der Waals surface area contributed by atoms with Gasteiger partial charge in [-0.3, -0.25) is 4.79 Å². The van der Waals surface area contributed by atoms with E-state index in [9.17, 15) is 4.79 Å². The number of aliphatic imine (C=N–C) groups is 1. The molecule has 2 aromatic rings. The minimum atomic E-state index is 0.0808. The molecule has 2 aromatic carbocycles. The molecule has 0 aliphatic carbocycles. The zero-order valence-corrected chi connectivity index (χ0v) is 16.5. The fourth-order valence-electron chi connectivity index (χ4n) is 2.74. The maximum Gasteiger partial charge on any atom is 0.253 e. The fraction of sp³-hybridized carbons (Fsp3) is 0.364. The lowest BCUT2D eigenvalue weighted by atomic mass is 10.1. The molecule has 0 bridgehead atoms. The van der Waals surface area contributed by atoms with Crippen LogP contribution in [0.5, 0.6) is 0 Å². The second kappa shape index (κ2) is 11.0. The SMILES string of the molecule is CCNC(=NCc1ccccc1)NCc1ccc(C(=O)N(CC)CC)cc1. The fourth-order valence-corrected chi connectivity index (χ4v) is 2.74. The van der Waals surface area contributed by atoms with Crippen LogP contribution in [0.15, 0.2) is 59.6 Å². The monoisotopic (exact) mass is 366 g/mol. The summed E-state index contributed by atoms with van der Waals surface area (Å²) in [7, 11) is 0. The van der Waals surface area contributed by atoms with Gasteiger partial charge in [-0.05, 0) is 44.0 Å². The molecule has 0 spiro atoms. The van der Waals surface area contributed by atoms with Gasteiger partial charge in [0.15, 0.2) is 5.96 Å². The first-order valence-electron chi connectivity index (χ1n) is 9.62. The summed E-state index contributed by atoms with van der Waals surface area (Å²) in [5.74, 6) is 0.863. The number of guanidine groups is 1. The first-order valence-corrected chi connectivity index (χ1v) is 9.62. The van der Waals surface area contributed by atoms with E-state index in [-0.39, 0.29) is 5.91 Å². The molecule has 0 radical (unpaired) electrons. The van der Waals surface area contributed by atoms with Gasteiger partial charge in [0.25, 0.3) is 5.91 Å². The number of carbonyl (C=O) groups is 1. The van der Waals surface area contributed by atoms with Crippen molar-refractivity contribution < 1.29 is 4.79 Å². The van der Waals surface area contributed by atoms with Gasteiger partial charge >= 0.3 is 0 Å². The Bertz CT molecular complexity index is 722. The summed E-state index contributed by atoms with van der Waals surface area (Å²) in [6.07, 6.45) is 0. The van der Waals surface area contributed by atoms with E-state index in [4.69, 9.17) is 0 Å². The van der Waals surface area contributed by atoms with E-state index in [0.29, 0.717) is 13.1 Å². The highest BCUT2D eigenvalue weighted by atomic mass is 16.2. The minimum absolute atomic E-state index is 0.0808. The number of carbonyl (C=O) groups excluding carboxylic acids is 1. The van der Waals surface area contributed by atoms with Crippen LogP contribution < -0.4 is 10.6 Å². The molecule has 0 fully saturated rings. The molecule has 0 saturated carbocycles. The lowest BCUT2D eigenvalue weighted by molar-refractivity contribution is 0.0773. The van der Waals surface area contributed by atoms with Crippen LogP contribution in [-0.2, 0) is 13.1 Å². The van der Waals surface area contributed by atoms with Gasteiger partial charge in [0.05, 0.1) is 6.54 Å². The number of nitrogens with one attached hydrogen (secondary N) is 2. The van der Waals surface area contributed by atoms with Gasteiger partial charge in [0, 0.05) is 31.7 Å². The van der Waals surface area contributed by atoms with E-state index in [2.05, 4.69) is 27.8 Å². The third-order valence-electron chi connectivity index (χ3n) is 4.32. The number of rotatable bonds is 8. The van der Waals surface area contributed by atoms with Crippen molar-refractivity contribution in [2.75, 3.05) is 19.6 Å². The highest BCUT2D eigenvalue weighted by molar-refractivity contribution is 5.94. The average molecular weight is 367 g/mol. The topological polar surface area (TPSA) is 56.7 Å². The molecule has 0 unspecified atom stereocenters. The van der Waals surface area contributed by atoms with E-state index >= 15 is 0 Å². The maximum atomic E-state index is 12.4. The van der Waals surface area contributed by atoms with Gasteiger partial charge in [-0.1, -0.05) is 42.5 Å². The van der Waals surface area contributed by atoms with E-state index in [1.54, 1.807) is 0 Å². The van der Waals surface area contributed by atoms with Crippen LogP contribution in [0.1, 0.15) is 42.3 Å². The number of benzene rings is 2. The molecule has 0 saturated heterocycles. The Morgan fingerprint density at radius 1 is 0.889 bits per heavy atom. The predicted octanol–water partition coefficient (Wildman–Crippen LogP) is 3.42. The van der Waals surface area contributed by atoms with Crippen LogP contribution in [0.4, 0.5) is 0 Å². The van der Waals surface area contributed by atoms with Crippen molar-refractivity contribution in [3.8, 4) is 0 Å². The Kier molecular flexibility index (Phi) is 8.36. The zero-order chi connectivity index (χ0) is 19.5. The molecular formula is C22H30N4O. The van der Waals surface area contributed by atoms with Gasteiger partial charge in [-0.25, -0.2) is 4.99 Å². The van der Waals surface area contributed by atoms with Crippen molar-refractivity contribution in [2.24, 2.45) is 4.99 Å². The summed E-state index contributed by atoms with van der Waals surface area (Å²) >= 11 is 0. The summed E-state index contributed by atoms with van der Waals surface area (Å²) < 4.78 is 0. The molecule has 0 aliphatic rings. The Hall–Kier alpha value is -2.82. The van der Waals surface area contributed by atoms with Crippen LogP contribution in [-0.4, -0.2) is 36.4 Å². The summed E-state index contributed by atoms with van der Waals surface area (Å²) in [6, 6.07) is 18.0. The lowest BCUT2D eigenvalue weighted by Crippen LogP contribution is -2.36. The van der Waals surface area contributed by atoms with Crippen molar-refractivity contribution in [1.82, 2.24) is 15.5 Å². The minimum Gasteiger partial charge on any atom is -0.357 e. The quantitative estimate of drug-likeness (QED) is 0.556. The standard InChI is InChI=1S/C22H30N4O/c1-4-23-22(24-16-18-10-8-7-9-11-18)25-17-19-12-14-20(15-13-19)21(27)26(5-2)6-3/h7-15H,4-6,16-17H2,1-3H3,(H2,23,24,25). The summed E-state index contributed by atoms with van der Waals surface area (Å²) in [5.41, 5.74) is 3.01. The molecule has 1 amide bonds. The van der Waals surface area contributed by atoms with E-state index in [1.807, 2.05) is 68.1 Å². The molecule has 27 heavy (non-hydrogen) atoms. The largest absolute Gasteiger partial charge is 0.357 e. The number of hydrogen-bond acceptors (Lipinski definition) is 2. The van der Waals surface area contributed by atoms with E-state index in [0.717, 1.165) is 36.7 Å². The van der Waals surface area contributed by atoms with Crippen LogP contribution in [0.2, 0.25) is 0 Å². The van der Waals surface area contributed by atoms with Crippen LogP contribution in [0.25, 0.3) is 0 Å². The van der Waals surface area contributed by atoms with Crippen molar-refractivity contribution in [2.45, 2.75) is 33.9 Å². The smallest absolute Gasteiger partial charge is 0.253 e. The van der Waals surface area contributed by atoms with Gasteiger partial charge in [-0.2, -0.15) is 0 Å². The Balaban J connectivity index is 1.95. The van der Waals surface area contributed by atoms with E-state index in [1.165, 1.54) is 5.56 Å². The molecule has 2 N–H and O–H groups in total. The summed E-state index contributed by atoms with van der Waals surface area (Å²) in [6.45, 7) is 9.58. The summed E-state index contributed by atoms with van der Waals surface area (Å²) in [4.78, 5) is 18.8. The lowest BCUT2D eigenvalue weighted by Gasteiger charge is -2.18. The number of amides is 1. The molecule has 0 heterocycles. The average Bonchev–Trinajstić information content (AvgIpc) is 2.72. The molecule has 144 valence electrons. The van der Waals surface area contributed by atoms with Gasteiger partial charge in [-0.15, -0.1) is 0 Å². The Morgan fingerprint density at radius 3 is 2.15 bits per heavy atom.